The van der Waals surface area contributed by atoms with Crippen LogP contribution >= 0.6 is 0 Å². The summed E-state index contributed by atoms with van der Waals surface area (Å²) in [5.74, 6) is 0. The molecule has 0 aliphatic carbocycles. The third kappa shape index (κ3) is 142. The molecule has 0 fully saturated rings. The molecular formula is C7H18O2Y. The molecule has 0 aromatic carbocycles. The summed E-state index contributed by atoms with van der Waals surface area (Å²) in [5, 5.41) is 16.4. The van der Waals surface area contributed by atoms with E-state index in [2.05, 4.69) is 0 Å². The van der Waals surface area contributed by atoms with Crippen molar-refractivity contribution in [2.45, 2.75) is 39.7 Å². The zero-order valence-corrected chi connectivity index (χ0v) is 10.2. The Kier molecular flexibility index (Phi) is 17.2. The van der Waals surface area contributed by atoms with Gasteiger partial charge in [-0.25, -0.2) is 0 Å². The Labute approximate surface area is 88.9 Å². The van der Waals surface area contributed by atoms with Gasteiger partial charge in [0.05, 0.1) is 5.60 Å². The molecule has 0 aliphatic rings. The van der Waals surface area contributed by atoms with E-state index < -0.39 is 5.60 Å². The first kappa shape index (κ1) is 17.2. The van der Waals surface area contributed by atoms with Crippen molar-refractivity contribution in [1.82, 2.24) is 0 Å². The molecule has 0 rings (SSSR count). The molecule has 1 radical (unpaired) electrons. The van der Waals surface area contributed by atoms with Crippen LogP contribution in [0.2, 0.25) is 0 Å². The van der Waals surface area contributed by atoms with Crippen LogP contribution in [0.15, 0.2) is 0 Å². The van der Waals surface area contributed by atoms with E-state index in [1.54, 1.807) is 20.8 Å². The molecule has 0 aliphatic heterocycles. The van der Waals surface area contributed by atoms with Crippen molar-refractivity contribution < 1.29 is 42.9 Å². The fraction of sp³-hybridized carbons (Fsp3) is 1.00. The van der Waals surface area contributed by atoms with Gasteiger partial charge >= 0.3 is 0 Å². The van der Waals surface area contributed by atoms with Crippen molar-refractivity contribution in [2.24, 2.45) is 0 Å². The summed E-state index contributed by atoms with van der Waals surface area (Å²) in [6.45, 7) is 7.48. The van der Waals surface area contributed by atoms with Gasteiger partial charge in [-0.05, 0) is 27.2 Å². The Morgan fingerprint density at radius 2 is 1.30 bits per heavy atom. The molecule has 0 aromatic heterocycles. The van der Waals surface area contributed by atoms with Crippen LogP contribution in [0.3, 0.4) is 0 Å². The van der Waals surface area contributed by atoms with Gasteiger partial charge in [0, 0.05) is 39.3 Å². The first-order valence-corrected chi connectivity index (χ1v) is 3.25. The summed E-state index contributed by atoms with van der Waals surface area (Å²) in [6.07, 6.45) is 0.875. The predicted molar refractivity (Wildman–Crippen MR) is 39.3 cm³/mol. The second-order valence-corrected chi connectivity index (χ2v) is 2.89. The maximum Gasteiger partial charge on any atom is 0.0563 e. The number of aliphatic hydroxyl groups is 2. The molecule has 3 heteroatoms. The second kappa shape index (κ2) is 10.0. The van der Waals surface area contributed by atoms with Crippen molar-refractivity contribution >= 4 is 0 Å². The van der Waals surface area contributed by atoms with Crippen LogP contribution in [0, 0.1) is 0 Å². The van der Waals surface area contributed by atoms with E-state index in [1.165, 1.54) is 0 Å². The molecule has 0 heterocycles. The van der Waals surface area contributed by atoms with E-state index in [4.69, 9.17) is 10.2 Å². The van der Waals surface area contributed by atoms with Crippen molar-refractivity contribution in [3.8, 4) is 0 Å². The minimum Gasteiger partial charge on any atom is -0.396 e. The van der Waals surface area contributed by atoms with E-state index in [1.807, 2.05) is 6.92 Å². The monoisotopic (exact) mass is 223 g/mol. The number of hydrogen-bond donors (Lipinski definition) is 2. The molecule has 0 atom stereocenters. The molecule has 0 amide bonds. The maximum absolute atomic E-state index is 8.52. The Morgan fingerprint density at radius 1 is 1.20 bits per heavy atom. The minimum absolute atomic E-state index is 0. The van der Waals surface area contributed by atoms with Gasteiger partial charge in [-0.1, -0.05) is 6.92 Å². The summed E-state index contributed by atoms with van der Waals surface area (Å²) in [6, 6.07) is 0. The van der Waals surface area contributed by atoms with Gasteiger partial charge in [0.25, 0.3) is 0 Å². The third-order valence-electron chi connectivity index (χ3n) is 0.224. The normalized spacial score (nSPS) is 9.00. The van der Waals surface area contributed by atoms with Crippen molar-refractivity contribution in [3.63, 3.8) is 0 Å². The predicted octanol–water partition coefficient (Wildman–Crippen LogP) is 1.16. The zero-order chi connectivity index (χ0) is 7.91. The van der Waals surface area contributed by atoms with Gasteiger partial charge < -0.3 is 10.2 Å². The Morgan fingerprint density at radius 3 is 1.30 bits per heavy atom. The number of aliphatic hydroxyl groups excluding tert-OH is 1. The first-order valence-electron chi connectivity index (χ1n) is 3.25. The van der Waals surface area contributed by atoms with E-state index in [9.17, 15) is 0 Å². The van der Waals surface area contributed by atoms with Crippen molar-refractivity contribution in [1.29, 1.82) is 0 Å². The van der Waals surface area contributed by atoms with Gasteiger partial charge in [-0.2, -0.15) is 0 Å². The van der Waals surface area contributed by atoms with E-state index >= 15 is 0 Å². The van der Waals surface area contributed by atoms with Crippen LogP contribution in [-0.2, 0) is 32.7 Å². The van der Waals surface area contributed by atoms with E-state index in [0.717, 1.165) is 6.42 Å². The molecule has 10 heavy (non-hydrogen) atoms. The molecule has 61 valence electrons. The summed E-state index contributed by atoms with van der Waals surface area (Å²) in [4.78, 5) is 0. The van der Waals surface area contributed by atoms with Crippen LogP contribution in [0.25, 0.3) is 0 Å². The van der Waals surface area contributed by atoms with Crippen LogP contribution in [0.5, 0.6) is 0 Å². The average Bonchev–Trinajstić information content (AvgIpc) is 1.61. The second-order valence-electron chi connectivity index (χ2n) is 2.89. The molecular weight excluding hydrogens is 205 g/mol. The Bertz CT molecular complexity index is 42.1. The van der Waals surface area contributed by atoms with Crippen LogP contribution in [0.1, 0.15) is 34.1 Å². The molecule has 0 unspecified atom stereocenters. The molecule has 0 saturated carbocycles. The quantitative estimate of drug-likeness (QED) is 0.700. The minimum atomic E-state index is -0.500. The van der Waals surface area contributed by atoms with Crippen molar-refractivity contribution in [2.75, 3.05) is 6.61 Å². The van der Waals surface area contributed by atoms with E-state index in [-0.39, 0.29) is 32.7 Å². The molecule has 0 saturated heterocycles. The van der Waals surface area contributed by atoms with Gasteiger partial charge in [-0.15, -0.1) is 0 Å². The molecule has 0 bridgehead atoms. The summed E-state index contributed by atoms with van der Waals surface area (Å²) in [5.41, 5.74) is -0.500. The van der Waals surface area contributed by atoms with Crippen LogP contribution < -0.4 is 0 Å². The Hall–Kier alpha value is 1.02. The molecule has 0 spiro atoms. The zero-order valence-electron chi connectivity index (χ0n) is 7.39. The fourth-order valence-electron chi connectivity index (χ4n) is 0. The summed E-state index contributed by atoms with van der Waals surface area (Å²) in [7, 11) is 0. The van der Waals surface area contributed by atoms with Gasteiger partial charge in [0.15, 0.2) is 0 Å². The average molecular weight is 223 g/mol. The largest absolute Gasteiger partial charge is 0.396 e. The topological polar surface area (TPSA) is 40.5 Å². The van der Waals surface area contributed by atoms with Crippen molar-refractivity contribution in [3.05, 3.63) is 0 Å². The molecule has 0 aromatic rings. The first-order chi connectivity index (χ1) is 3.91. The summed E-state index contributed by atoms with van der Waals surface area (Å²) < 4.78 is 0. The maximum atomic E-state index is 8.52. The number of rotatable bonds is 1. The number of hydrogen-bond acceptors (Lipinski definition) is 2. The molecule has 2 N–H and O–H groups in total. The van der Waals surface area contributed by atoms with Gasteiger partial charge in [0.1, 0.15) is 0 Å². The van der Waals surface area contributed by atoms with Crippen LogP contribution in [-0.4, -0.2) is 22.4 Å². The van der Waals surface area contributed by atoms with E-state index in [0.29, 0.717) is 6.61 Å². The Balaban J connectivity index is -0.0000000910. The van der Waals surface area contributed by atoms with Gasteiger partial charge in [-0.3, -0.25) is 0 Å². The smallest absolute Gasteiger partial charge is 0.0563 e. The van der Waals surface area contributed by atoms with Gasteiger partial charge in [0.2, 0.25) is 0 Å². The standard InChI is InChI=1S/C4H10O.C3H8O.Y/c1-4(2,3)5;1-2-3-4;/h5H,1-3H3;4H,2-3H2,1H3;. The summed E-state index contributed by atoms with van der Waals surface area (Å²) >= 11 is 0. The third-order valence-corrected chi connectivity index (χ3v) is 0.224. The SMILES string of the molecule is CC(C)(C)O.CCCO.[Y]. The molecule has 2 nitrogen and oxygen atoms in total. The fourth-order valence-corrected chi connectivity index (χ4v) is 0. The van der Waals surface area contributed by atoms with Crippen LogP contribution in [0.4, 0.5) is 0 Å².